The van der Waals surface area contributed by atoms with Gasteiger partial charge in [0.25, 0.3) is 0 Å². The maximum absolute atomic E-state index is 13.2. The molecule has 23 heavy (non-hydrogen) atoms. The first kappa shape index (κ1) is 13.2. The highest BCUT2D eigenvalue weighted by atomic mass is 16.3. The highest BCUT2D eigenvalue weighted by molar-refractivity contribution is 5.86. The third-order valence-corrected chi connectivity index (χ3v) is 8.04. The van der Waals surface area contributed by atoms with Crippen LogP contribution in [0.1, 0.15) is 44.9 Å². The molecule has 122 valence electrons. The van der Waals surface area contributed by atoms with Gasteiger partial charge in [-0.25, -0.2) is 0 Å². The number of rotatable bonds is 1. The fourth-order valence-electron chi connectivity index (χ4n) is 7.49. The Morgan fingerprint density at radius 2 is 2.09 bits per heavy atom. The van der Waals surface area contributed by atoms with Crippen molar-refractivity contribution in [2.45, 2.75) is 74.7 Å². The van der Waals surface area contributed by atoms with Crippen LogP contribution in [0.2, 0.25) is 0 Å². The van der Waals surface area contributed by atoms with Crippen molar-refractivity contribution >= 4 is 5.91 Å². The number of nitrogens with zero attached hydrogens (tertiary/aromatic N) is 2. The van der Waals surface area contributed by atoms with Crippen molar-refractivity contribution in [1.82, 2.24) is 10.2 Å². The molecule has 1 unspecified atom stereocenters. The fourth-order valence-corrected chi connectivity index (χ4v) is 7.49. The van der Waals surface area contributed by atoms with Crippen LogP contribution >= 0.6 is 0 Å². The molecule has 5 saturated carbocycles. The molecule has 9 atom stereocenters. The molecule has 0 aromatic heterocycles. The highest BCUT2D eigenvalue weighted by Crippen LogP contribution is 2.66. The van der Waals surface area contributed by atoms with Crippen LogP contribution in [0, 0.1) is 34.5 Å². The Labute approximate surface area is 136 Å². The SMILES string of the molecule is N#C[C@@H]1C[C@@H]2C[C@@H]2N1C(=O)[C@@H]1N[C@H]2[C@@H]3C[C@@H]4CC12C[C@@](O)(C4)C3. The van der Waals surface area contributed by atoms with Gasteiger partial charge in [0.1, 0.15) is 6.04 Å². The van der Waals surface area contributed by atoms with Crippen molar-refractivity contribution in [3.05, 3.63) is 0 Å². The normalized spacial score (nSPS) is 60.7. The summed E-state index contributed by atoms with van der Waals surface area (Å²) in [7, 11) is 0. The smallest absolute Gasteiger partial charge is 0.241 e. The molecular formula is C18H23N3O2. The average Bonchev–Trinajstić information content (AvgIpc) is 3.13. The average molecular weight is 313 g/mol. The summed E-state index contributed by atoms with van der Waals surface area (Å²) in [5.41, 5.74) is -0.548. The van der Waals surface area contributed by atoms with Crippen molar-refractivity contribution in [2.75, 3.05) is 0 Å². The van der Waals surface area contributed by atoms with Gasteiger partial charge in [-0.15, -0.1) is 0 Å². The molecular weight excluding hydrogens is 290 g/mol. The van der Waals surface area contributed by atoms with Crippen molar-refractivity contribution in [2.24, 2.45) is 23.2 Å². The number of carbonyl (C=O) groups is 1. The largest absolute Gasteiger partial charge is 0.390 e. The maximum atomic E-state index is 13.2. The Morgan fingerprint density at radius 1 is 1.22 bits per heavy atom. The van der Waals surface area contributed by atoms with Crippen LogP contribution in [0.3, 0.4) is 0 Å². The topological polar surface area (TPSA) is 76.4 Å². The van der Waals surface area contributed by atoms with Gasteiger partial charge in [-0.3, -0.25) is 4.79 Å². The Kier molecular flexibility index (Phi) is 2.16. The number of likely N-dealkylation sites (tertiary alicyclic amines) is 1. The number of fused-ring (bicyclic) bond motifs is 1. The van der Waals surface area contributed by atoms with E-state index in [1.54, 1.807) is 0 Å². The standard InChI is InChI=1S/C18H23N3O2/c19-7-12-2-10-3-13(10)21(12)16(22)15-18-5-9-1-11(14(18)20-15)6-17(23,4-9)8-18/h9-15,20,23H,1-6,8H2/t9-,10+,11+,12-,13-,14-,15-,17+,18?/m0/s1. The van der Waals surface area contributed by atoms with Crippen molar-refractivity contribution in [1.29, 1.82) is 5.26 Å². The molecule has 1 spiro atoms. The van der Waals surface area contributed by atoms with Crippen LogP contribution in [-0.4, -0.2) is 45.7 Å². The second-order valence-corrected chi connectivity index (χ2v) is 9.38. The van der Waals surface area contributed by atoms with E-state index < -0.39 is 5.60 Å². The first-order valence-electron chi connectivity index (χ1n) is 9.23. The van der Waals surface area contributed by atoms with E-state index in [1.165, 1.54) is 6.42 Å². The van der Waals surface area contributed by atoms with Gasteiger partial charge < -0.3 is 15.3 Å². The monoisotopic (exact) mass is 313 g/mol. The predicted octanol–water partition coefficient (Wildman–Crippen LogP) is 0.781. The van der Waals surface area contributed by atoms with Gasteiger partial charge >= 0.3 is 0 Å². The zero-order valence-corrected chi connectivity index (χ0v) is 13.2. The highest BCUT2D eigenvalue weighted by Gasteiger charge is 2.72. The summed E-state index contributed by atoms with van der Waals surface area (Å²) in [5.74, 6) is 1.87. The fraction of sp³-hybridized carbons (Fsp3) is 0.889. The van der Waals surface area contributed by atoms with Gasteiger partial charge in [0.15, 0.2) is 0 Å². The zero-order valence-electron chi connectivity index (χ0n) is 13.2. The first-order valence-corrected chi connectivity index (χ1v) is 9.23. The first-order chi connectivity index (χ1) is 11.0. The Hall–Kier alpha value is -1.12. The minimum absolute atomic E-state index is 0.0249. The van der Waals surface area contributed by atoms with Gasteiger partial charge in [0, 0.05) is 17.5 Å². The molecule has 0 aromatic rings. The molecule has 2 saturated heterocycles. The summed E-state index contributed by atoms with van der Waals surface area (Å²) in [6, 6.07) is 2.71. The lowest BCUT2D eigenvalue weighted by Gasteiger charge is -2.72. The minimum atomic E-state index is -0.523. The minimum Gasteiger partial charge on any atom is -0.390 e. The molecule has 7 aliphatic rings. The summed E-state index contributed by atoms with van der Waals surface area (Å²) >= 11 is 0. The molecule has 5 nitrogen and oxygen atoms in total. The number of hydrogen-bond donors (Lipinski definition) is 2. The van der Waals surface area contributed by atoms with E-state index >= 15 is 0 Å². The van der Waals surface area contributed by atoms with E-state index in [0.717, 1.165) is 38.5 Å². The van der Waals surface area contributed by atoms with Crippen LogP contribution in [0.4, 0.5) is 0 Å². The maximum Gasteiger partial charge on any atom is 0.241 e. The van der Waals surface area contributed by atoms with Crippen LogP contribution in [0.15, 0.2) is 0 Å². The number of aliphatic hydroxyl groups is 1. The molecule has 2 heterocycles. The number of piperidine rings is 1. The van der Waals surface area contributed by atoms with Gasteiger partial charge in [0.05, 0.1) is 17.7 Å². The van der Waals surface area contributed by atoms with E-state index in [2.05, 4.69) is 11.4 Å². The molecule has 2 aliphatic heterocycles. The van der Waals surface area contributed by atoms with E-state index in [9.17, 15) is 15.2 Å². The predicted molar refractivity (Wildman–Crippen MR) is 80.9 cm³/mol. The Bertz CT molecular complexity index is 659. The Morgan fingerprint density at radius 3 is 2.87 bits per heavy atom. The lowest BCUT2D eigenvalue weighted by Crippen LogP contribution is -2.83. The summed E-state index contributed by atoms with van der Waals surface area (Å²) in [6.07, 6.45) is 6.91. The second-order valence-electron chi connectivity index (χ2n) is 9.38. The molecule has 7 rings (SSSR count). The molecule has 5 aliphatic carbocycles. The van der Waals surface area contributed by atoms with Gasteiger partial charge in [0.2, 0.25) is 5.91 Å². The molecule has 2 N–H and O–H groups in total. The lowest BCUT2D eigenvalue weighted by atomic mass is 9.40. The van der Waals surface area contributed by atoms with Crippen molar-refractivity contribution in [3.63, 3.8) is 0 Å². The second kappa shape index (κ2) is 3.75. The van der Waals surface area contributed by atoms with E-state index in [0.29, 0.717) is 29.8 Å². The summed E-state index contributed by atoms with van der Waals surface area (Å²) in [6.45, 7) is 0. The van der Waals surface area contributed by atoms with Crippen LogP contribution < -0.4 is 5.32 Å². The molecule has 4 bridgehead atoms. The molecule has 7 fully saturated rings. The van der Waals surface area contributed by atoms with Crippen LogP contribution in [-0.2, 0) is 4.79 Å². The van der Waals surface area contributed by atoms with Gasteiger partial charge in [-0.2, -0.15) is 5.26 Å². The lowest BCUT2D eigenvalue weighted by molar-refractivity contribution is -0.231. The number of hydrogen-bond acceptors (Lipinski definition) is 4. The summed E-state index contributed by atoms with van der Waals surface area (Å²) in [4.78, 5) is 15.1. The number of amides is 1. The molecule has 1 amide bonds. The van der Waals surface area contributed by atoms with E-state index in [-0.39, 0.29) is 23.4 Å². The summed E-state index contributed by atoms with van der Waals surface area (Å²) < 4.78 is 0. The van der Waals surface area contributed by atoms with Gasteiger partial charge in [-0.1, -0.05) is 0 Å². The van der Waals surface area contributed by atoms with Crippen molar-refractivity contribution < 1.29 is 9.90 Å². The molecule has 5 heteroatoms. The number of carbonyl (C=O) groups excluding carboxylic acids is 1. The van der Waals surface area contributed by atoms with E-state index in [4.69, 9.17) is 0 Å². The van der Waals surface area contributed by atoms with Gasteiger partial charge in [-0.05, 0) is 62.7 Å². The van der Waals surface area contributed by atoms with Crippen LogP contribution in [0.5, 0.6) is 0 Å². The number of nitriles is 1. The Balaban J connectivity index is 1.33. The van der Waals surface area contributed by atoms with E-state index in [1.807, 2.05) is 4.90 Å². The quantitative estimate of drug-likeness (QED) is 0.750. The third-order valence-electron chi connectivity index (χ3n) is 8.04. The molecule has 0 aromatic carbocycles. The van der Waals surface area contributed by atoms with Crippen molar-refractivity contribution in [3.8, 4) is 6.07 Å². The molecule has 0 radical (unpaired) electrons. The third kappa shape index (κ3) is 1.44. The zero-order chi connectivity index (χ0) is 15.6. The van der Waals surface area contributed by atoms with Crippen LogP contribution in [0.25, 0.3) is 0 Å². The summed E-state index contributed by atoms with van der Waals surface area (Å²) in [5, 5.41) is 23.9. The number of nitrogens with one attached hydrogen (secondary N) is 1.